The predicted octanol–water partition coefficient (Wildman–Crippen LogP) is 3.39. The molecule has 1 aliphatic heterocycles. The number of anilines is 1. The zero-order chi connectivity index (χ0) is 19.2. The van der Waals surface area contributed by atoms with E-state index in [1.807, 2.05) is 24.3 Å². The molecule has 1 N–H and O–H groups in total. The van der Waals surface area contributed by atoms with Gasteiger partial charge in [0.1, 0.15) is 17.3 Å². The number of hydrogen-bond acceptors (Lipinski definition) is 4. The lowest BCUT2D eigenvalue weighted by Gasteiger charge is -2.35. The van der Waals surface area contributed by atoms with Crippen molar-refractivity contribution in [2.75, 3.05) is 25.1 Å². The highest BCUT2D eigenvalue weighted by molar-refractivity contribution is 5.81. The molecule has 0 spiro atoms. The summed E-state index contributed by atoms with van der Waals surface area (Å²) in [7, 11) is 1.66. The van der Waals surface area contributed by atoms with Gasteiger partial charge in [0, 0.05) is 25.2 Å². The molecule has 27 heavy (non-hydrogen) atoms. The van der Waals surface area contributed by atoms with Crippen LogP contribution in [0, 0.1) is 5.82 Å². The Balaban J connectivity index is 1.59. The molecule has 6 heteroatoms. The van der Waals surface area contributed by atoms with Crippen molar-refractivity contribution in [1.29, 1.82) is 0 Å². The number of amides is 1. The maximum Gasteiger partial charge on any atom is 0.261 e. The zero-order valence-electron chi connectivity index (χ0n) is 15.7. The molecular weight excluding hydrogens is 347 g/mol. The summed E-state index contributed by atoms with van der Waals surface area (Å²) in [5.74, 6) is 0.579. The third kappa shape index (κ3) is 4.90. The molecule has 3 rings (SSSR count). The second-order valence-electron chi connectivity index (χ2n) is 6.68. The molecule has 1 heterocycles. The van der Waals surface area contributed by atoms with E-state index < -0.39 is 6.10 Å². The number of para-hydroxylation sites is 2. The van der Waals surface area contributed by atoms with Gasteiger partial charge in [-0.05, 0) is 44.0 Å². The maximum absolute atomic E-state index is 13.3. The van der Waals surface area contributed by atoms with Gasteiger partial charge in [-0.15, -0.1) is 0 Å². The summed E-state index contributed by atoms with van der Waals surface area (Å²) >= 11 is 0. The molecule has 2 unspecified atom stereocenters. The first-order chi connectivity index (χ1) is 13.1. The summed E-state index contributed by atoms with van der Waals surface area (Å²) in [5, 5.41) is 3.05. The van der Waals surface area contributed by atoms with E-state index in [9.17, 15) is 9.18 Å². The first-order valence-corrected chi connectivity index (χ1v) is 9.17. The molecule has 0 aliphatic carbocycles. The van der Waals surface area contributed by atoms with Gasteiger partial charge in [0.05, 0.1) is 12.8 Å². The predicted molar refractivity (Wildman–Crippen MR) is 103 cm³/mol. The molecule has 0 bridgehead atoms. The summed E-state index contributed by atoms with van der Waals surface area (Å²) in [6.45, 7) is 3.29. The van der Waals surface area contributed by atoms with Gasteiger partial charge in [-0.2, -0.15) is 0 Å². The van der Waals surface area contributed by atoms with Crippen molar-refractivity contribution >= 4 is 11.6 Å². The number of piperidine rings is 1. The number of hydrogen-bond donors (Lipinski definition) is 1. The van der Waals surface area contributed by atoms with Crippen LogP contribution in [0.3, 0.4) is 0 Å². The van der Waals surface area contributed by atoms with Gasteiger partial charge in [-0.25, -0.2) is 4.39 Å². The smallest absolute Gasteiger partial charge is 0.261 e. The van der Waals surface area contributed by atoms with Gasteiger partial charge in [0.25, 0.3) is 5.91 Å². The van der Waals surface area contributed by atoms with Gasteiger partial charge in [0.2, 0.25) is 0 Å². The number of methoxy groups -OCH3 is 1. The van der Waals surface area contributed by atoms with Gasteiger partial charge in [-0.3, -0.25) is 4.79 Å². The molecule has 1 fully saturated rings. The number of ether oxygens (including phenoxy) is 2. The van der Waals surface area contributed by atoms with Crippen LogP contribution in [-0.2, 0) is 4.79 Å². The fraction of sp³-hybridized carbons (Fsp3) is 0.381. The van der Waals surface area contributed by atoms with Crippen molar-refractivity contribution in [1.82, 2.24) is 5.32 Å². The number of benzene rings is 2. The van der Waals surface area contributed by atoms with Crippen LogP contribution in [0.2, 0.25) is 0 Å². The highest BCUT2D eigenvalue weighted by atomic mass is 19.1. The van der Waals surface area contributed by atoms with Crippen LogP contribution in [0.5, 0.6) is 11.5 Å². The fourth-order valence-electron chi connectivity index (χ4n) is 3.32. The molecule has 1 amide bonds. The SMILES string of the molecule is COc1ccccc1N1CCCC(NC(=O)C(C)Oc2cccc(F)c2)C1. The summed E-state index contributed by atoms with van der Waals surface area (Å²) in [6.07, 6.45) is 1.18. The quantitative estimate of drug-likeness (QED) is 0.845. The fourth-order valence-corrected chi connectivity index (χ4v) is 3.32. The van der Waals surface area contributed by atoms with Gasteiger partial charge in [0.15, 0.2) is 6.10 Å². The van der Waals surface area contributed by atoms with E-state index in [2.05, 4.69) is 10.2 Å². The molecule has 144 valence electrons. The van der Waals surface area contributed by atoms with E-state index in [1.54, 1.807) is 26.2 Å². The Morgan fingerprint density at radius 3 is 2.85 bits per heavy atom. The zero-order valence-corrected chi connectivity index (χ0v) is 15.7. The second-order valence-corrected chi connectivity index (χ2v) is 6.68. The molecule has 5 nitrogen and oxygen atoms in total. The number of carbonyl (C=O) groups excluding carboxylic acids is 1. The summed E-state index contributed by atoms with van der Waals surface area (Å²) in [4.78, 5) is 14.7. The van der Waals surface area contributed by atoms with Crippen molar-refractivity contribution < 1.29 is 18.7 Å². The highest BCUT2D eigenvalue weighted by Gasteiger charge is 2.25. The molecular formula is C21H25FN2O3. The van der Waals surface area contributed by atoms with E-state index in [-0.39, 0.29) is 17.8 Å². The van der Waals surface area contributed by atoms with Gasteiger partial charge < -0.3 is 19.7 Å². The number of halogens is 1. The second kappa shape index (κ2) is 8.75. The van der Waals surface area contributed by atoms with E-state index in [0.29, 0.717) is 12.3 Å². The minimum absolute atomic E-state index is 0.0229. The highest BCUT2D eigenvalue weighted by Crippen LogP contribution is 2.29. The minimum Gasteiger partial charge on any atom is -0.495 e. The van der Waals surface area contributed by atoms with Crippen LogP contribution in [0.1, 0.15) is 19.8 Å². The molecule has 0 saturated carbocycles. The average Bonchev–Trinajstić information content (AvgIpc) is 2.68. The lowest BCUT2D eigenvalue weighted by Crippen LogP contribution is -2.50. The van der Waals surface area contributed by atoms with E-state index in [4.69, 9.17) is 9.47 Å². The summed E-state index contributed by atoms with van der Waals surface area (Å²) < 4.78 is 24.3. The molecule has 2 atom stereocenters. The molecule has 0 radical (unpaired) electrons. The first-order valence-electron chi connectivity index (χ1n) is 9.17. The van der Waals surface area contributed by atoms with Crippen molar-refractivity contribution in [2.45, 2.75) is 31.9 Å². The third-order valence-corrected chi connectivity index (χ3v) is 4.67. The van der Waals surface area contributed by atoms with Crippen LogP contribution in [0.25, 0.3) is 0 Å². The number of nitrogens with zero attached hydrogens (tertiary/aromatic N) is 1. The molecule has 1 aliphatic rings. The standard InChI is InChI=1S/C21H25FN2O3/c1-15(27-18-9-5-7-16(22)13-18)21(25)23-17-8-6-12-24(14-17)19-10-3-4-11-20(19)26-2/h3-5,7,9-11,13,15,17H,6,8,12,14H2,1-2H3,(H,23,25). The van der Waals surface area contributed by atoms with Crippen molar-refractivity contribution in [2.24, 2.45) is 0 Å². The lowest BCUT2D eigenvalue weighted by molar-refractivity contribution is -0.128. The van der Waals surface area contributed by atoms with Gasteiger partial charge in [-0.1, -0.05) is 18.2 Å². The number of carbonyl (C=O) groups is 1. The van der Waals surface area contributed by atoms with Crippen molar-refractivity contribution in [3.05, 3.63) is 54.3 Å². The van der Waals surface area contributed by atoms with Gasteiger partial charge >= 0.3 is 0 Å². The topological polar surface area (TPSA) is 50.8 Å². The van der Waals surface area contributed by atoms with Crippen molar-refractivity contribution in [3.63, 3.8) is 0 Å². The summed E-state index contributed by atoms with van der Waals surface area (Å²) in [6, 6.07) is 13.7. The maximum atomic E-state index is 13.3. The Kier molecular flexibility index (Phi) is 6.16. The van der Waals surface area contributed by atoms with Crippen LogP contribution >= 0.6 is 0 Å². The lowest BCUT2D eigenvalue weighted by atomic mass is 10.0. The van der Waals surface area contributed by atoms with Crippen LogP contribution < -0.4 is 19.7 Å². The first kappa shape index (κ1) is 19.0. The minimum atomic E-state index is -0.701. The third-order valence-electron chi connectivity index (χ3n) is 4.67. The Bertz CT molecular complexity index is 784. The Labute approximate surface area is 159 Å². The van der Waals surface area contributed by atoms with Crippen LogP contribution in [0.15, 0.2) is 48.5 Å². The van der Waals surface area contributed by atoms with Crippen molar-refractivity contribution in [3.8, 4) is 11.5 Å². The number of rotatable bonds is 6. The number of nitrogens with one attached hydrogen (secondary N) is 1. The summed E-state index contributed by atoms with van der Waals surface area (Å²) in [5.41, 5.74) is 1.03. The van der Waals surface area contributed by atoms with E-state index in [1.165, 1.54) is 12.1 Å². The Morgan fingerprint density at radius 1 is 1.26 bits per heavy atom. The molecule has 2 aromatic rings. The Morgan fingerprint density at radius 2 is 2.07 bits per heavy atom. The monoisotopic (exact) mass is 372 g/mol. The normalized spacial score (nSPS) is 17.9. The average molecular weight is 372 g/mol. The van der Waals surface area contributed by atoms with E-state index >= 15 is 0 Å². The van der Waals surface area contributed by atoms with Crippen LogP contribution in [-0.4, -0.2) is 38.3 Å². The van der Waals surface area contributed by atoms with E-state index in [0.717, 1.165) is 30.8 Å². The molecule has 1 saturated heterocycles. The van der Waals surface area contributed by atoms with Crippen LogP contribution in [0.4, 0.5) is 10.1 Å². The largest absolute Gasteiger partial charge is 0.495 e. The Hall–Kier alpha value is -2.76. The molecule has 0 aromatic heterocycles. The molecule has 2 aromatic carbocycles.